The molecule has 0 N–H and O–H groups in total. The van der Waals surface area contributed by atoms with Crippen LogP contribution in [0.15, 0.2) is 97.1 Å². The third kappa shape index (κ3) is 4.33. The first-order valence-corrected chi connectivity index (χ1v) is 10.1. The van der Waals surface area contributed by atoms with Crippen LogP contribution in [0.5, 0.6) is 0 Å². The summed E-state index contributed by atoms with van der Waals surface area (Å²) in [5.41, 5.74) is 1.34. The van der Waals surface area contributed by atoms with Crippen LogP contribution in [0.25, 0.3) is 11.1 Å². The number of rotatable bonds is 7. The molecule has 0 amide bonds. The normalized spacial score (nSPS) is 10.5. The summed E-state index contributed by atoms with van der Waals surface area (Å²) in [5, 5.41) is 22.3. The molecule has 0 spiro atoms. The second-order valence-corrected chi connectivity index (χ2v) is 7.36. The lowest BCUT2D eigenvalue weighted by molar-refractivity contribution is -0.385. The Bertz CT molecular complexity index is 1350. The number of hydrogen-bond donors (Lipinski definition) is 0. The van der Waals surface area contributed by atoms with Crippen LogP contribution in [0.3, 0.4) is 0 Å². The van der Waals surface area contributed by atoms with Crippen LogP contribution >= 0.6 is 0 Å². The summed E-state index contributed by atoms with van der Waals surface area (Å²) < 4.78 is 0. The van der Waals surface area contributed by atoms with Crippen molar-refractivity contribution in [2.75, 3.05) is 0 Å². The molecular formula is C26H16N2O6. The minimum atomic E-state index is -0.574. The molecule has 0 radical (unpaired) electrons. The third-order valence-corrected chi connectivity index (χ3v) is 5.27. The third-order valence-electron chi connectivity index (χ3n) is 5.27. The number of carbonyl (C=O) groups is 2. The molecule has 4 aromatic carbocycles. The van der Waals surface area contributed by atoms with E-state index in [4.69, 9.17) is 0 Å². The Kier molecular flexibility index (Phi) is 6.05. The smallest absolute Gasteiger partial charge is 0.270 e. The second-order valence-electron chi connectivity index (χ2n) is 7.36. The van der Waals surface area contributed by atoms with Crippen molar-refractivity contribution in [3.8, 4) is 11.1 Å². The van der Waals surface area contributed by atoms with Gasteiger partial charge in [0.05, 0.1) is 9.85 Å². The van der Waals surface area contributed by atoms with Gasteiger partial charge in [-0.2, -0.15) is 0 Å². The van der Waals surface area contributed by atoms with Crippen molar-refractivity contribution in [3.05, 3.63) is 140 Å². The van der Waals surface area contributed by atoms with E-state index in [1.807, 2.05) is 0 Å². The molecule has 0 fully saturated rings. The van der Waals surface area contributed by atoms with E-state index in [9.17, 15) is 29.8 Å². The quantitative estimate of drug-likeness (QED) is 0.203. The predicted molar refractivity (Wildman–Crippen MR) is 125 cm³/mol. The molecule has 0 saturated heterocycles. The number of hydrogen-bond acceptors (Lipinski definition) is 6. The van der Waals surface area contributed by atoms with Crippen molar-refractivity contribution >= 4 is 22.9 Å². The van der Waals surface area contributed by atoms with Crippen LogP contribution in [0, 0.1) is 20.2 Å². The maximum Gasteiger partial charge on any atom is 0.270 e. The number of non-ortho nitro benzene ring substituents is 2. The van der Waals surface area contributed by atoms with Crippen LogP contribution in [-0.4, -0.2) is 21.4 Å². The lowest BCUT2D eigenvalue weighted by Crippen LogP contribution is -2.08. The summed E-state index contributed by atoms with van der Waals surface area (Å²) in [5.74, 6) is -0.867. The average Bonchev–Trinajstić information content (AvgIpc) is 2.88. The van der Waals surface area contributed by atoms with Crippen LogP contribution in [-0.2, 0) is 0 Å². The van der Waals surface area contributed by atoms with Gasteiger partial charge in [0.25, 0.3) is 11.4 Å². The van der Waals surface area contributed by atoms with Gasteiger partial charge in [0.2, 0.25) is 0 Å². The number of nitrogens with zero attached hydrogens (tertiary/aromatic N) is 2. The number of nitro groups is 2. The molecule has 0 heterocycles. The highest BCUT2D eigenvalue weighted by Gasteiger charge is 2.21. The van der Waals surface area contributed by atoms with Crippen molar-refractivity contribution in [3.63, 3.8) is 0 Å². The monoisotopic (exact) mass is 452 g/mol. The summed E-state index contributed by atoms with van der Waals surface area (Å²) >= 11 is 0. The first-order chi connectivity index (χ1) is 16.4. The average molecular weight is 452 g/mol. The van der Waals surface area contributed by atoms with Gasteiger partial charge in [-0.15, -0.1) is 0 Å². The Balaban J connectivity index is 1.81. The molecule has 0 aromatic heterocycles. The zero-order chi connectivity index (χ0) is 24.2. The Morgan fingerprint density at radius 3 is 1.29 bits per heavy atom. The van der Waals surface area contributed by atoms with Crippen LogP contribution < -0.4 is 0 Å². The fourth-order valence-corrected chi connectivity index (χ4v) is 3.66. The summed E-state index contributed by atoms with van der Waals surface area (Å²) in [7, 11) is 0. The van der Waals surface area contributed by atoms with Gasteiger partial charge in [-0.25, -0.2) is 0 Å². The van der Waals surface area contributed by atoms with Crippen molar-refractivity contribution in [1.82, 2.24) is 0 Å². The Morgan fingerprint density at radius 2 is 0.912 bits per heavy atom. The van der Waals surface area contributed by atoms with E-state index in [2.05, 4.69) is 0 Å². The van der Waals surface area contributed by atoms with Crippen LogP contribution in [0.2, 0.25) is 0 Å². The van der Waals surface area contributed by atoms with E-state index in [1.165, 1.54) is 48.5 Å². The van der Waals surface area contributed by atoms with Gasteiger partial charge in [0.15, 0.2) is 11.6 Å². The highest BCUT2D eigenvalue weighted by atomic mass is 16.6. The Hall–Kier alpha value is -4.98. The maximum absolute atomic E-state index is 13.3. The molecule has 0 unspecified atom stereocenters. The molecule has 4 aromatic rings. The first-order valence-electron chi connectivity index (χ1n) is 10.1. The van der Waals surface area contributed by atoms with Gasteiger partial charge in [0.1, 0.15) is 0 Å². The molecule has 8 heteroatoms. The van der Waals surface area contributed by atoms with E-state index in [0.29, 0.717) is 11.1 Å². The Labute approximate surface area is 193 Å². The van der Waals surface area contributed by atoms with Gasteiger partial charge in [-0.3, -0.25) is 29.8 Å². The fraction of sp³-hybridized carbons (Fsp3) is 0. The zero-order valence-corrected chi connectivity index (χ0v) is 17.6. The molecule has 0 atom stereocenters. The van der Waals surface area contributed by atoms with Crippen molar-refractivity contribution in [2.45, 2.75) is 0 Å². The van der Waals surface area contributed by atoms with Crippen molar-refractivity contribution in [1.29, 1.82) is 0 Å². The predicted octanol–water partition coefficient (Wildman–Crippen LogP) is 5.63. The summed E-state index contributed by atoms with van der Waals surface area (Å²) in [6.45, 7) is 0. The van der Waals surface area contributed by atoms with E-state index in [0.717, 1.165) is 0 Å². The molecule has 0 aliphatic carbocycles. The van der Waals surface area contributed by atoms with E-state index < -0.39 is 21.4 Å². The molecule has 166 valence electrons. The standard InChI is InChI=1S/C26H16N2O6/c29-25(17-7-5-9-19(15-17)27(31)32)23-13-3-1-11-21(23)22-12-2-4-14-24(22)26(30)18-8-6-10-20(16-18)28(33)34/h1-16H. The highest BCUT2D eigenvalue weighted by Crippen LogP contribution is 2.31. The minimum Gasteiger partial charge on any atom is -0.289 e. The molecule has 0 aliphatic heterocycles. The minimum absolute atomic E-state index is 0.143. The van der Waals surface area contributed by atoms with Gasteiger partial charge >= 0.3 is 0 Å². The van der Waals surface area contributed by atoms with Gasteiger partial charge in [-0.1, -0.05) is 72.8 Å². The molecular weight excluding hydrogens is 436 g/mol. The molecule has 0 aliphatic rings. The lowest BCUT2D eigenvalue weighted by atomic mass is 9.89. The number of benzene rings is 4. The van der Waals surface area contributed by atoms with E-state index in [1.54, 1.807) is 48.5 Å². The van der Waals surface area contributed by atoms with Crippen molar-refractivity contribution < 1.29 is 19.4 Å². The van der Waals surface area contributed by atoms with E-state index >= 15 is 0 Å². The van der Waals surface area contributed by atoms with Gasteiger partial charge in [0, 0.05) is 46.5 Å². The highest BCUT2D eigenvalue weighted by molar-refractivity contribution is 6.17. The molecule has 0 bridgehead atoms. The molecule has 0 saturated carbocycles. The summed E-state index contributed by atoms with van der Waals surface area (Å²) in [6, 6.07) is 24.2. The second kappa shape index (κ2) is 9.25. The lowest BCUT2D eigenvalue weighted by Gasteiger charge is -2.13. The topological polar surface area (TPSA) is 120 Å². The van der Waals surface area contributed by atoms with Crippen molar-refractivity contribution in [2.24, 2.45) is 0 Å². The zero-order valence-electron chi connectivity index (χ0n) is 17.6. The van der Waals surface area contributed by atoms with Gasteiger partial charge < -0.3 is 0 Å². The maximum atomic E-state index is 13.3. The number of carbonyl (C=O) groups excluding carboxylic acids is 2. The first kappa shape index (κ1) is 22.2. The molecule has 8 nitrogen and oxygen atoms in total. The fourth-order valence-electron chi connectivity index (χ4n) is 3.66. The number of ketones is 2. The van der Waals surface area contributed by atoms with Crippen LogP contribution in [0.1, 0.15) is 31.8 Å². The summed E-state index contributed by atoms with van der Waals surface area (Å²) in [6.07, 6.45) is 0. The van der Waals surface area contributed by atoms with Gasteiger partial charge in [-0.05, 0) is 11.1 Å². The van der Waals surface area contributed by atoms with E-state index in [-0.39, 0.29) is 33.6 Å². The molecule has 34 heavy (non-hydrogen) atoms. The molecule has 4 rings (SSSR count). The summed E-state index contributed by atoms with van der Waals surface area (Å²) in [4.78, 5) is 47.7. The number of nitro benzene ring substituents is 2. The Morgan fingerprint density at radius 1 is 0.529 bits per heavy atom. The SMILES string of the molecule is O=C(c1cccc([N+](=O)[O-])c1)c1ccccc1-c1ccccc1C(=O)c1cccc([N+](=O)[O-])c1. The largest absolute Gasteiger partial charge is 0.289 e. The van der Waals surface area contributed by atoms with Crippen LogP contribution in [0.4, 0.5) is 11.4 Å².